The molecular formula is C15H29O3PS. The third kappa shape index (κ3) is 25.9. The average molecular weight is 320 g/mol. The Balaban J connectivity index is -0.000000247. The standard InChI is InChI=1S/C8H11OP.C3H8OS.C3H6O.CH4/c1-10(2,9)8-6-4-3-5-7-8;1-5(2,3)4;1-3(2)4;/h3-7H,1-2H3;1H2,2-3H3;1-2H3;1H4. The maximum Gasteiger partial charge on any atom is 0.126 e. The highest BCUT2D eigenvalue weighted by molar-refractivity contribution is 7.98. The van der Waals surface area contributed by atoms with E-state index in [1.165, 1.54) is 13.8 Å². The lowest BCUT2D eigenvalue weighted by molar-refractivity contribution is -0.114. The summed E-state index contributed by atoms with van der Waals surface area (Å²) >= 11 is 0. The van der Waals surface area contributed by atoms with E-state index in [1.54, 1.807) is 25.8 Å². The largest absolute Gasteiger partial charge is 0.319 e. The monoisotopic (exact) mass is 320 g/mol. The molecule has 118 valence electrons. The first-order valence-electron chi connectivity index (χ1n) is 5.69. The highest BCUT2D eigenvalue weighted by atomic mass is 32.2. The SMILES string of the molecule is C.C=S(C)(C)=O.CC(C)=O.CP(C)(=O)c1ccccc1. The Morgan fingerprint density at radius 2 is 1.35 bits per heavy atom. The maximum atomic E-state index is 11.4. The van der Waals surface area contributed by atoms with Gasteiger partial charge in [-0.2, -0.15) is 0 Å². The number of hydrogen-bond donors (Lipinski definition) is 0. The van der Waals surface area contributed by atoms with Gasteiger partial charge < -0.3 is 9.36 Å². The van der Waals surface area contributed by atoms with E-state index in [0.717, 1.165) is 5.30 Å². The zero-order valence-corrected chi connectivity index (χ0v) is 14.4. The summed E-state index contributed by atoms with van der Waals surface area (Å²) in [5.74, 6) is 3.47. The lowest BCUT2D eigenvalue weighted by Gasteiger charge is -2.04. The van der Waals surface area contributed by atoms with Crippen LogP contribution < -0.4 is 5.30 Å². The summed E-state index contributed by atoms with van der Waals surface area (Å²) in [5.41, 5.74) is 0. The van der Waals surface area contributed by atoms with Crippen molar-refractivity contribution in [1.82, 2.24) is 0 Å². The Bertz CT molecular complexity index is 501. The topological polar surface area (TPSA) is 51.2 Å². The number of rotatable bonds is 1. The van der Waals surface area contributed by atoms with Gasteiger partial charge in [-0.15, -0.1) is 0 Å². The average Bonchev–Trinajstić information content (AvgIpc) is 2.14. The van der Waals surface area contributed by atoms with Crippen LogP contribution in [0.15, 0.2) is 30.3 Å². The molecule has 1 aromatic carbocycles. The van der Waals surface area contributed by atoms with E-state index in [2.05, 4.69) is 5.87 Å². The van der Waals surface area contributed by atoms with Crippen LogP contribution >= 0.6 is 7.14 Å². The number of carbonyl (C=O) groups is 1. The van der Waals surface area contributed by atoms with Crippen LogP contribution in [-0.4, -0.2) is 41.7 Å². The van der Waals surface area contributed by atoms with E-state index in [9.17, 15) is 13.6 Å². The van der Waals surface area contributed by atoms with Gasteiger partial charge in [-0.3, -0.25) is 4.21 Å². The summed E-state index contributed by atoms with van der Waals surface area (Å²) in [6.07, 6.45) is 3.21. The second kappa shape index (κ2) is 10.9. The minimum atomic E-state index is -2.02. The van der Waals surface area contributed by atoms with Gasteiger partial charge in [0.15, 0.2) is 0 Å². The molecule has 0 unspecified atom stereocenters. The third-order valence-electron chi connectivity index (χ3n) is 1.38. The molecule has 0 saturated heterocycles. The van der Waals surface area contributed by atoms with Crippen molar-refractivity contribution >= 4 is 33.6 Å². The molecule has 0 N–H and O–H groups in total. The molecule has 0 heterocycles. The zero-order valence-electron chi connectivity index (χ0n) is 12.7. The Kier molecular flexibility index (Phi) is 13.1. The lowest BCUT2D eigenvalue weighted by atomic mass is 10.4. The number of hydrogen-bond acceptors (Lipinski definition) is 3. The van der Waals surface area contributed by atoms with Crippen LogP contribution in [0.2, 0.25) is 0 Å². The van der Waals surface area contributed by atoms with Gasteiger partial charge in [-0.25, -0.2) is 0 Å². The summed E-state index contributed by atoms with van der Waals surface area (Å²) in [7, 11) is -3.68. The van der Waals surface area contributed by atoms with E-state index in [-0.39, 0.29) is 13.2 Å². The Hall–Kier alpha value is -0.860. The van der Waals surface area contributed by atoms with Crippen LogP contribution in [0.25, 0.3) is 0 Å². The summed E-state index contributed by atoms with van der Waals surface area (Å²) in [6, 6.07) is 9.56. The van der Waals surface area contributed by atoms with Crippen LogP contribution in [0.4, 0.5) is 0 Å². The molecule has 1 rings (SSSR count). The van der Waals surface area contributed by atoms with Gasteiger partial charge in [0, 0.05) is 17.8 Å². The molecule has 0 amide bonds. The first kappa shape index (κ1) is 24.2. The Morgan fingerprint density at radius 3 is 1.50 bits per heavy atom. The third-order valence-corrected chi connectivity index (χ3v) is 2.92. The Labute approximate surface area is 125 Å². The molecule has 0 aliphatic heterocycles. The van der Waals surface area contributed by atoms with Crippen molar-refractivity contribution in [3.05, 3.63) is 30.3 Å². The summed E-state index contributed by atoms with van der Waals surface area (Å²) in [6.45, 7) is 6.62. The molecule has 0 aliphatic rings. The highest BCUT2D eigenvalue weighted by Gasteiger charge is 2.08. The van der Waals surface area contributed by atoms with Crippen LogP contribution in [-0.2, 0) is 18.9 Å². The van der Waals surface area contributed by atoms with E-state index < -0.39 is 16.7 Å². The molecule has 0 aliphatic carbocycles. The van der Waals surface area contributed by atoms with Gasteiger partial charge in [0.05, 0.1) is 0 Å². The summed E-state index contributed by atoms with van der Waals surface area (Å²) in [4.78, 5) is 9.44. The van der Waals surface area contributed by atoms with Crippen molar-refractivity contribution in [3.63, 3.8) is 0 Å². The van der Waals surface area contributed by atoms with Gasteiger partial charge >= 0.3 is 0 Å². The molecule has 5 heteroatoms. The minimum absolute atomic E-state index is 0. The van der Waals surface area contributed by atoms with Crippen LogP contribution in [0.1, 0.15) is 21.3 Å². The van der Waals surface area contributed by atoms with E-state index in [0.29, 0.717) is 0 Å². The van der Waals surface area contributed by atoms with Gasteiger partial charge in [0.1, 0.15) is 12.9 Å². The fourth-order valence-corrected chi connectivity index (χ4v) is 1.68. The zero-order chi connectivity index (χ0) is 15.7. The molecule has 0 radical (unpaired) electrons. The van der Waals surface area contributed by atoms with Gasteiger partial charge in [0.2, 0.25) is 0 Å². The molecule has 20 heavy (non-hydrogen) atoms. The highest BCUT2D eigenvalue weighted by Crippen LogP contribution is 2.33. The van der Waals surface area contributed by atoms with E-state index in [1.807, 2.05) is 30.3 Å². The van der Waals surface area contributed by atoms with Crippen molar-refractivity contribution in [2.75, 3.05) is 25.8 Å². The molecule has 0 spiro atoms. The van der Waals surface area contributed by atoms with Crippen molar-refractivity contribution < 1.29 is 13.6 Å². The fourth-order valence-electron chi connectivity index (χ4n) is 0.787. The molecule has 0 saturated carbocycles. The number of benzene rings is 1. The summed E-state index contributed by atoms with van der Waals surface area (Å²) in [5, 5.41) is 0.954. The van der Waals surface area contributed by atoms with Crippen molar-refractivity contribution in [2.45, 2.75) is 21.3 Å². The quantitative estimate of drug-likeness (QED) is 0.590. The van der Waals surface area contributed by atoms with Crippen LogP contribution in [0.3, 0.4) is 0 Å². The predicted octanol–water partition coefficient (Wildman–Crippen LogP) is 3.13. The number of ketones is 1. The van der Waals surface area contributed by atoms with Crippen LogP contribution in [0.5, 0.6) is 0 Å². The van der Waals surface area contributed by atoms with E-state index in [4.69, 9.17) is 0 Å². The van der Waals surface area contributed by atoms with Crippen molar-refractivity contribution in [3.8, 4) is 0 Å². The minimum Gasteiger partial charge on any atom is -0.319 e. The molecular weight excluding hydrogens is 291 g/mol. The van der Waals surface area contributed by atoms with Gasteiger partial charge in [-0.1, -0.05) is 37.8 Å². The first-order chi connectivity index (χ1) is 8.34. The van der Waals surface area contributed by atoms with Gasteiger partial charge in [0.25, 0.3) is 0 Å². The fraction of sp³-hybridized carbons (Fsp3) is 0.467. The molecule has 0 aromatic heterocycles. The number of carbonyl (C=O) groups excluding carboxylic acids is 1. The molecule has 0 atom stereocenters. The lowest BCUT2D eigenvalue weighted by Crippen LogP contribution is -2.00. The smallest absolute Gasteiger partial charge is 0.126 e. The normalized spacial score (nSPS) is 9.90. The Morgan fingerprint density at radius 1 is 1.10 bits per heavy atom. The second-order valence-electron chi connectivity index (χ2n) is 5.03. The van der Waals surface area contributed by atoms with Crippen molar-refractivity contribution in [2.24, 2.45) is 0 Å². The summed E-state index contributed by atoms with van der Waals surface area (Å²) < 4.78 is 21.5. The predicted molar refractivity (Wildman–Crippen MR) is 95.7 cm³/mol. The number of Topliss-reactive ketones (excluding diaryl/α,β-unsaturated/α-hetero) is 1. The van der Waals surface area contributed by atoms with E-state index >= 15 is 0 Å². The molecule has 1 aromatic rings. The molecule has 3 nitrogen and oxygen atoms in total. The van der Waals surface area contributed by atoms with Gasteiger partial charge in [-0.05, 0) is 42.6 Å². The molecule has 0 bridgehead atoms. The van der Waals surface area contributed by atoms with Crippen molar-refractivity contribution in [1.29, 1.82) is 0 Å². The second-order valence-corrected chi connectivity index (χ2v) is 11.1. The van der Waals surface area contributed by atoms with Crippen LogP contribution in [0, 0.1) is 0 Å². The first-order valence-corrected chi connectivity index (χ1v) is 10.8. The molecule has 0 fully saturated rings. The maximum absolute atomic E-state index is 11.4.